The molecule has 3 aromatic heterocycles. The molecule has 4 aromatic rings. The SMILES string of the molecule is CC(=O)Nc1cc(-c2c(C)noc2C)cn(Cc2cccc3[nH]cc(C)c23)c1=O. The van der Waals surface area contributed by atoms with Gasteiger partial charge in [-0.3, -0.25) is 9.59 Å². The minimum absolute atomic E-state index is 0.230. The fraction of sp³-hybridized carbons (Fsp3) is 0.227. The van der Waals surface area contributed by atoms with Crippen molar-refractivity contribution in [3.63, 3.8) is 0 Å². The summed E-state index contributed by atoms with van der Waals surface area (Å²) in [5.41, 5.74) is 5.44. The molecule has 0 aliphatic rings. The van der Waals surface area contributed by atoms with E-state index >= 15 is 0 Å². The summed E-state index contributed by atoms with van der Waals surface area (Å²) in [7, 11) is 0. The van der Waals surface area contributed by atoms with Crippen LogP contribution < -0.4 is 10.9 Å². The molecule has 0 saturated carbocycles. The standard InChI is InChI=1S/C22H22N4O3/c1-12-9-23-18-7-5-6-16(20(12)18)10-26-11-17(21-13(2)25-29-14(21)3)8-19(22(26)28)24-15(4)27/h5-9,11,23H,10H2,1-4H3,(H,24,27). The van der Waals surface area contributed by atoms with Crippen LogP contribution in [0.5, 0.6) is 0 Å². The fourth-order valence-electron chi connectivity index (χ4n) is 3.82. The number of carbonyl (C=O) groups is 1. The van der Waals surface area contributed by atoms with Gasteiger partial charge in [-0.2, -0.15) is 0 Å². The maximum atomic E-state index is 13.1. The van der Waals surface area contributed by atoms with Gasteiger partial charge in [0.05, 0.1) is 12.2 Å². The van der Waals surface area contributed by atoms with Crippen molar-refractivity contribution >= 4 is 22.5 Å². The van der Waals surface area contributed by atoms with Gasteiger partial charge in [0.25, 0.3) is 5.56 Å². The molecule has 7 heteroatoms. The van der Waals surface area contributed by atoms with Gasteiger partial charge in [0.15, 0.2) is 0 Å². The monoisotopic (exact) mass is 390 g/mol. The Morgan fingerprint density at radius 2 is 2.07 bits per heavy atom. The topological polar surface area (TPSA) is 92.9 Å². The molecule has 0 atom stereocenters. The summed E-state index contributed by atoms with van der Waals surface area (Å²) >= 11 is 0. The van der Waals surface area contributed by atoms with E-state index in [0.717, 1.165) is 38.9 Å². The van der Waals surface area contributed by atoms with Crippen LogP contribution in [0.1, 0.15) is 29.5 Å². The highest BCUT2D eigenvalue weighted by Gasteiger charge is 2.17. The largest absolute Gasteiger partial charge is 0.361 e. The van der Waals surface area contributed by atoms with Crippen molar-refractivity contribution in [1.82, 2.24) is 14.7 Å². The third-order valence-electron chi connectivity index (χ3n) is 5.05. The number of nitrogens with zero attached hydrogens (tertiary/aromatic N) is 2. The molecule has 29 heavy (non-hydrogen) atoms. The van der Waals surface area contributed by atoms with Crippen molar-refractivity contribution in [2.75, 3.05) is 5.32 Å². The third-order valence-corrected chi connectivity index (χ3v) is 5.05. The molecule has 0 radical (unpaired) electrons. The Kier molecular flexibility index (Phi) is 4.58. The number of carbonyl (C=O) groups excluding carboxylic acids is 1. The molecule has 148 valence electrons. The number of benzene rings is 1. The third kappa shape index (κ3) is 3.35. The Morgan fingerprint density at radius 3 is 2.76 bits per heavy atom. The summed E-state index contributed by atoms with van der Waals surface area (Å²) < 4.78 is 6.91. The number of aromatic nitrogens is 3. The first-order valence-corrected chi connectivity index (χ1v) is 9.36. The van der Waals surface area contributed by atoms with Gasteiger partial charge in [-0.15, -0.1) is 0 Å². The zero-order chi connectivity index (χ0) is 20.7. The number of hydrogen-bond donors (Lipinski definition) is 2. The normalized spacial score (nSPS) is 11.2. The fourth-order valence-corrected chi connectivity index (χ4v) is 3.82. The van der Waals surface area contributed by atoms with Gasteiger partial charge in [0.1, 0.15) is 11.4 Å². The summed E-state index contributed by atoms with van der Waals surface area (Å²) in [5.74, 6) is 0.359. The average Bonchev–Trinajstić information content (AvgIpc) is 3.21. The van der Waals surface area contributed by atoms with Crippen LogP contribution in [-0.2, 0) is 11.3 Å². The highest BCUT2D eigenvalue weighted by molar-refractivity contribution is 5.89. The van der Waals surface area contributed by atoms with Crippen LogP contribution >= 0.6 is 0 Å². The second-order valence-corrected chi connectivity index (χ2v) is 7.27. The molecule has 2 N–H and O–H groups in total. The minimum atomic E-state index is -0.298. The van der Waals surface area contributed by atoms with Gasteiger partial charge in [-0.25, -0.2) is 0 Å². The van der Waals surface area contributed by atoms with E-state index in [4.69, 9.17) is 4.52 Å². The van der Waals surface area contributed by atoms with Gasteiger partial charge in [-0.05, 0) is 44.0 Å². The smallest absolute Gasteiger partial charge is 0.274 e. The van der Waals surface area contributed by atoms with Crippen LogP contribution in [0.4, 0.5) is 5.69 Å². The highest BCUT2D eigenvalue weighted by Crippen LogP contribution is 2.28. The summed E-state index contributed by atoms with van der Waals surface area (Å²) in [6.45, 7) is 7.47. The van der Waals surface area contributed by atoms with Crippen LogP contribution in [0, 0.1) is 20.8 Å². The van der Waals surface area contributed by atoms with Crippen LogP contribution in [-0.4, -0.2) is 20.6 Å². The molecule has 7 nitrogen and oxygen atoms in total. The number of fused-ring (bicyclic) bond motifs is 1. The second kappa shape index (κ2) is 7.09. The van der Waals surface area contributed by atoms with Crippen molar-refractivity contribution in [3.8, 4) is 11.1 Å². The van der Waals surface area contributed by atoms with Crippen LogP contribution in [0.15, 0.2) is 46.0 Å². The lowest BCUT2D eigenvalue weighted by Gasteiger charge is -2.13. The lowest BCUT2D eigenvalue weighted by atomic mass is 10.0. The molecule has 0 bridgehead atoms. The van der Waals surface area contributed by atoms with Gasteiger partial charge in [-0.1, -0.05) is 17.3 Å². The molecule has 4 rings (SSSR count). The van der Waals surface area contributed by atoms with Gasteiger partial charge in [0, 0.05) is 41.3 Å². The minimum Gasteiger partial charge on any atom is -0.361 e. The predicted octanol–water partition coefficient (Wildman–Crippen LogP) is 3.92. The first-order chi connectivity index (χ1) is 13.8. The molecular weight excluding hydrogens is 368 g/mol. The van der Waals surface area contributed by atoms with E-state index in [1.165, 1.54) is 6.92 Å². The number of H-pyrrole nitrogens is 1. The summed E-state index contributed by atoms with van der Waals surface area (Å²) in [4.78, 5) is 28.0. The molecular formula is C22H22N4O3. The number of rotatable bonds is 4. The van der Waals surface area contributed by atoms with Crippen molar-refractivity contribution in [2.24, 2.45) is 0 Å². The maximum Gasteiger partial charge on any atom is 0.274 e. The Balaban J connectivity index is 1.90. The molecule has 1 aromatic carbocycles. The maximum absolute atomic E-state index is 13.1. The average molecular weight is 390 g/mol. The van der Waals surface area contributed by atoms with Crippen molar-refractivity contribution < 1.29 is 9.32 Å². The van der Waals surface area contributed by atoms with Crippen LogP contribution in [0.25, 0.3) is 22.0 Å². The summed E-state index contributed by atoms with van der Waals surface area (Å²) in [6.07, 6.45) is 3.75. The molecule has 0 spiro atoms. The Hall–Kier alpha value is -3.61. The van der Waals surface area contributed by atoms with Crippen molar-refractivity contribution in [3.05, 3.63) is 69.6 Å². The van der Waals surface area contributed by atoms with E-state index in [1.807, 2.05) is 45.2 Å². The number of nitrogens with one attached hydrogen (secondary N) is 2. The molecule has 0 fully saturated rings. The number of anilines is 1. The molecule has 3 heterocycles. The van der Waals surface area contributed by atoms with E-state index in [-0.39, 0.29) is 17.2 Å². The number of hydrogen-bond acceptors (Lipinski definition) is 4. The molecule has 0 unspecified atom stereocenters. The highest BCUT2D eigenvalue weighted by atomic mass is 16.5. The summed E-state index contributed by atoms with van der Waals surface area (Å²) in [5, 5.41) is 7.77. The first-order valence-electron chi connectivity index (χ1n) is 9.36. The Morgan fingerprint density at radius 1 is 1.28 bits per heavy atom. The second-order valence-electron chi connectivity index (χ2n) is 7.27. The number of pyridine rings is 1. The lowest BCUT2D eigenvalue weighted by Crippen LogP contribution is -2.25. The van der Waals surface area contributed by atoms with E-state index in [0.29, 0.717) is 12.3 Å². The van der Waals surface area contributed by atoms with Gasteiger partial charge < -0.3 is 19.4 Å². The van der Waals surface area contributed by atoms with Crippen LogP contribution in [0.3, 0.4) is 0 Å². The molecule has 0 aliphatic heterocycles. The molecule has 1 amide bonds. The Labute approximate surface area is 167 Å². The predicted molar refractivity (Wildman–Crippen MR) is 112 cm³/mol. The van der Waals surface area contributed by atoms with Crippen molar-refractivity contribution in [2.45, 2.75) is 34.2 Å². The van der Waals surface area contributed by atoms with E-state index < -0.39 is 0 Å². The number of amides is 1. The molecule has 0 aliphatic carbocycles. The number of aryl methyl sites for hydroxylation is 3. The molecule has 0 saturated heterocycles. The van der Waals surface area contributed by atoms with Gasteiger partial charge in [0.2, 0.25) is 5.91 Å². The van der Waals surface area contributed by atoms with E-state index in [2.05, 4.69) is 15.5 Å². The van der Waals surface area contributed by atoms with E-state index in [1.54, 1.807) is 16.8 Å². The van der Waals surface area contributed by atoms with E-state index in [9.17, 15) is 9.59 Å². The number of aromatic amines is 1. The van der Waals surface area contributed by atoms with Crippen LogP contribution in [0.2, 0.25) is 0 Å². The summed E-state index contributed by atoms with van der Waals surface area (Å²) in [6, 6.07) is 7.66. The Bertz CT molecular complexity index is 1270. The van der Waals surface area contributed by atoms with Crippen molar-refractivity contribution in [1.29, 1.82) is 0 Å². The zero-order valence-electron chi connectivity index (χ0n) is 16.8. The quantitative estimate of drug-likeness (QED) is 0.552. The lowest BCUT2D eigenvalue weighted by molar-refractivity contribution is -0.114. The zero-order valence-corrected chi connectivity index (χ0v) is 16.8. The van der Waals surface area contributed by atoms with Gasteiger partial charge >= 0.3 is 0 Å². The first kappa shape index (κ1) is 18.7.